The summed E-state index contributed by atoms with van der Waals surface area (Å²) < 4.78 is 5.42. The van der Waals surface area contributed by atoms with Gasteiger partial charge in [-0.1, -0.05) is 0 Å². The first-order valence-corrected chi connectivity index (χ1v) is 8.80. The smallest absolute Gasteiger partial charge is 0.273 e. The van der Waals surface area contributed by atoms with E-state index in [4.69, 9.17) is 4.42 Å². The van der Waals surface area contributed by atoms with E-state index in [1.54, 1.807) is 12.5 Å². The summed E-state index contributed by atoms with van der Waals surface area (Å²) in [5.41, 5.74) is 1.27. The van der Waals surface area contributed by atoms with Crippen LogP contribution in [0, 0.1) is 23.7 Å². The fourth-order valence-corrected chi connectivity index (χ4v) is 5.90. The molecular weight excluding hydrogens is 288 g/mol. The average molecular weight is 310 g/mol. The molecule has 4 fully saturated rings. The summed E-state index contributed by atoms with van der Waals surface area (Å²) in [6, 6.07) is 4.06. The summed E-state index contributed by atoms with van der Waals surface area (Å²) in [6.45, 7) is 0. The molecule has 0 spiro atoms. The topological polar surface area (TPSA) is 46.3 Å². The van der Waals surface area contributed by atoms with Crippen molar-refractivity contribution >= 4 is 16.9 Å². The van der Waals surface area contributed by atoms with Crippen molar-refractivity contribution in [3.8, 4) is 0 Å². The average Bonchev–Trinajstić information content (AvgIpc) is 3.01. The Labute approximate surface area is 135 Å². The van der Waals surface area contributed by atoms with Gasteiger partial charge in [-0.3, -0.25) is 9.78 Å². The molecule has 120 valence electrons. The Morgan fingerprint density at radius 2 is 1.83 bits per heavy atom. The van der Waals surface area contributed by atoms with Crippen LogP contribution in [0.5, 0.6) is 0 Å². The van der Waals surface area contributed by atoms with Crippen LogP contribution >= 0.6 is 0 Å². The minimum atomic E-state index is 0.0504. The number of aromatic nitrogens is 1. The second-order valence-electron chi connectivity index (χ2n) is 7.83. The molecule has 4 bridgehead atoms. The van der Waals surface area contributed by atoms with Crippen LogP contribution in [0.25, 0.3) is 11.0 Å². The zero-order valence-corrected chi connectivity index (χ0v) is 13.4. The summed E-state index contributed by atoms with van der Waals surface area (Å²) in [7, 11) is 1.98. The van der Waals surface area contributed by atoms with Crippen molar-refractivity contribution in [2.45, 2.75) is 38.1 Å². The van der Waals surface area contributed by atoms with E-state index in [0.29, 0.717) is 23.6 Å². The standard InChI is InChI=1S/C19H22N2O2/c1-21(18-13-7-11-6-12(9-13)10-14(18)8-11)19(22)17-15-3-5-23-16(15)2-4-20-17/h2-5,11-14,18H,6-10H2,1H3. The van der Waals surface area contributed by atoms with Gasteiger partial charge in [0.2, 0.25) is 0 Å². The van der Waals surface area contributed by atoms with Gasteiger partial charge in [0.25, 0.3) is 5.91 Å². The largest absolute Gasteiger partial charge is 0.464 e. The van der Waals surface area contributed by atoms with E-state index in [-0.39, 0.29) is 5.91 Å². The highest BCUT2D eigenvalue weighted by atomic mass is 16.3. The van der Waals surface area contributed by atoms with Gasteiger partial charge >= 0.3 is 0 Å². The lowest BCUT2D eigenvalue weighted by molar-refractivity contribution is -0.0491. The number of amides is 1. The lowest BCUT2D eigenvalue weighted by atomic mass is 9.54. The van der Waals surface area contributed by atoms with E-state index in [2.05, 4.69) is 4.98 Å². The van der Waals surface area contributed by atoms with E-state index in [0.717, 1.165) is 22.8 Å². The number of carbonyl (C=O) groups excluding carboxylic acids is 1. The van der Waals surface area contributed by atoms with Gasteiger partial charge in [-0.2, -0.15) is 0 Å². The van der Waals surface area contributed by atoms with Gasteiger partial charge in [0.1, 0.15) is 11.3 Å². The Balaban J connectivity index is 1.47. The maximum Gasteiger partial charge on any atom is 0.273 e. The van der Waals surface area contributed by atoms with Gasteiger partial charge in [-0.05, 0) is 67.9 Å². The lowest BCUT2D eigenvalue weighted by Crippen LogP contribution is -2.56. The summed E-state index contributed by atoms with van der Waals surface area (Å²) in [5.74, 6) is 3.29. The second-order valence-corrected chi connectivity index (χ2v) is 7.83. The Kier molecular flexibility index (Phi) is 2.85. The second kappa shape index (κ2) is 4.83. The van der Waals surface area contributed by atoms with Crippen LogP contribution in [0.15, 0.2) is 29.0 Å². The Bertz CT molecular complexity index is 738. The minimum absolute atomic E-state index is 0.0504. The van der Waals surface area contributed by atoms with Crippen LogP contribution in [0.4, 0.5) is 0 Å². The molecule has 4 heteroatoms. The van der Waals surface area contributed by atoms with Crippen LogP contribution in [0.2, 0.25) is 0 Å². The van der Waals surface area contributed by atoms with Crippen molar-refractivity contribution in [3.63, 3.8) is 0 Å². The van der Waals surface area contributed by atoms with E-state index < -0.39 is 0 Å². The first kappa shape index (κ1) is 13.6. The fraction of sp³-hybridized carbons (Fsp3) is 0.579. The SMILES string of the molecule is CN(C(=O)c1nccc2occc12)C1C2CC3CC(C2)CC1C3. The minimum Gasteiger partial charge on any atom is -0.464 e. The molecule has 4 nitrogen and oxygen atoms in total. The first-order chi connectivity index (χ1) is 11.2. The van der Waals surface area contributed by atoms with Gasteiger partial charge in [-0.25, -0.2) is 0 Å². The summed E-state index contributed by atoms with van der Waals surface area (Å²) in [4.78, 5) is 19.5. The molecule has 0 aliphatic heterocycles. The molecule has 0 radical (unpaired) electrons. The molecule has 2 aromatic heterocycles. The predicted molar refractivity (Wildman–Crippen MR) is 86.9 cm³/mol. The number of pyridine rings is 1. The highest BCUT2D eigenvalue weighted by molar-refractivity contribution is 6.04. The Hall–Kier alpha value is -1.84. The predicted octanol–water partition coefficient (Wildman–Crippen LogP) is 3.72. The molecule has 1 amide bonds. The van der Waals surface area contributed by atoms with Crippen LogP contribution in [0.3, 0.4) is 0 Å². The fourth-order valence-electron chi connectivity index (χ4n) is 5.90. The molecule has 0 saturated heterocycles. The maximum absolute atomic E-state index is 13.1. The first-order valence-electron chi connectivity index (χ1n) is 8.80. The molecule has 4 aliphatic rings. The van der Waals surface area contributed by atoms with E-state index in [9.17, 15) is 4.79 Å². The van der Waals surface area contributed by atoms with E-state index >= 15 is 0 Å². The quantitative estimate of drug-likeness (QED) is 0.849. The van der Waals surface area contributed by atoms with Gasteiger partial charge in [0, 0.05) is 19.3 Å². The highest BCUT2D eigenvalue weighted by Crippen LogP contribution is 2.55. The van der Waals surface area contributed by atoms with Crippen molar-refractivity contribution in [1.29, 1.82) is 0 Å². The number of hydrogen-bond donors (Lipinski definition) is 0. The summed E-state index contributed by atoms with van der Waals surface area (Å²) >= 11 is 0. The van der Waals surface area contributed by atoms with Crippen LogP contribution < -0.4 is 0 Å². The molecule has 2 aromatic rings. The van der Waals surface area contributed by atoms with Gasteiger partial charge in [0.15, 0.2) is 0 Å². The van der Waals surface area contributed by atoms with Crippen molar-refractivity contribution in [1.82, 2.24) is 9.88 Å². The summed E-state index contributed by atoms with van der Waals surface area (Å²) in [5, 5.41) is 0.827. The lowest BCUT2D eigenvalue weighted by Gasteiger charge is -2.56. The van der Waals surface area contributed by atoms with Crippen molar-refractivity contribution < 1.29 is 9.21 Å². The molecule has 4 saturated carbocycles. The molecule has 6 rings (SSSR count). The van der Waals surface area contributed by atoms with Gasteiger partial charge in [-0.15, -0.1) is 0 Å². The Morgan fingerprint density at radius 3 is 2.52 bits per heavy atom. The van der Waals surface area contributed by atoms with Crippen molar-refractivity contribution in [2.75, 3.05) is 7.05 Å². The third-order valence-electron chi connectivity index (χ3n) is 6.53. The van der Waals surface area contributed by atoms with E-state index in [1.807, 2.05) is 24.1 Å². The molecule has 0 N–H and O–H groups in total. The monoisotopic (exact) mass is 310 g/mol. The summed E-state index contributed by atoms with van der Waals surface area (Å²) in [6.07, 6.45) is 10.0. The molecule has 0 atom stereocenters. The van der Waals surface area contributed by atoms with Gasteiger partial charge < -0.3 is 9.32 Å². The number of rotatable bonds is 2. The van der Waals surface area contributed by atoms with Gasteiger partial charge in [0.05, 0.1) is 11.6 Å². The number of hydrogen-bond acceptors (Lipinski definition) is 3. The van der Waals surface area contributed by atoms with Crippen molar-refractivity contribution in [2.24, 2.45) is 23.7 Å². The van der Waals surface area contributed by atoms with Crippen molar-refractivity contribution in [3.05, 3.63) is 30.3 Å². The van der Waals surface area contributed by atoms with E-state index in [1.165, 1.54) is 32.1 Å². The van der Waals surface area contributed by atoms with Crippen LogP contribution in [0.1, 0.15) is 42.6 Å². The zero-order valence-electron chi connectivity index (χ0n) is 13.4. The number of carbonyl (C=O) groups is 1. The number of fused-ring (bicyclic) bond motifs is 1. The normalized spacial score (nSPS) is 34.9. The molecule has 0 aromatic carbocycles. The maximum atomic E-state index is 13.1. The third kappa shape index (κ3) is 1.97. The zero-order chi connectivity index (χ0) is 15.6. The molecule has 0 unspecified atom stereocenters. The Morgan fingerprint density at radius 1 is 1.13 bits per heavy atom. The molecule has 23 heavy (non-hydrogen) atoms. The van der Waals surface area contributed by atoms with Crippen LogP contribution in [-0.2, 0) is 0 Å². The van der Waals surface area contributed by atoms with Crippen LogP contribution in [-0.4, -0.2) is 28.9 Å². The molecule has 4 aliphatic carbocycles. The molecular formula is C19H22N2O2. The number of nitrogens with zero attached hydrogens (tertiary/aromatic N) is 2. The highest BCUT2D eigenvalue weighted by Gasteiger charge is 2.50. The third-order valence-corrected chi connectivity index (χ3v) is 6.53. The number of furan rings is 1. The molecule has 2 heterocycles.